The van der Waals surface area contributed by atoms with Crippen LogP contribution in [0.5, 0.6) is 0 Å². The highest BCUT2D eigenvalue weighted by Crippen LogP contribution is 2.21. The number of hydrogen-bond acceptors (Lipinski definition) is 2. The van der Waals surface area contributed by atoms with E-state index >= 15 is 0 Å². The van der Waals surface area contributed by atoms with E-state index in [2.05, 4.69) is 43.1 Å². The van der Waals surface area contributed by atoms with Crippen LogP contribution in [0.1, 0.15) is 168 Å². The van der Waals surface area contributed by atoms with E-state index < -0.39 is 0 Å². The molecule has 1 atom stereocenters. The van der Waals surface area contributed by atoms with Crippen molar-refractivity contribution in [3.05, 3.63) is 12.4 Å². The summed E-state index contributed by atoms with van der Waals surface area (Å²) in [6, 6.07) is 0. The van der Waals surface area contributed by atoms with Gasteiger partial charge in [0.2, 0.25) is 0 Å². The largest absolute Gasteiger partial charge is 0.359 e. The van der Waals surface area contributed by atoms with Crippen LogP contribution < -0.4 is 0 Å². The van der Waals surface area contributed by atoms with Crippen molar-refractivity contribution in [2.75, 3.05) is 13.6 Å². The van der Waals surface area contributed by atoms with Crippen molar-refractivity contribution in [2.24, 2.45) is 0 Å². The van der Waals surface area contributed by atoms with Crippen molar-refractivity contribution < 1.29 is 0 Å². The van der Waals surface area contributed by atoms with Crippen LogP contribution in [0, 0.1) is 0 Å². The van der Waals surface area contributed by atoms with Crippen LogP contribution in [0.3, 0.4) is 0 Å². The minimum Gasteiger partial charge on any atom is -0.359 e. The van der Waals surface area contributed by atoms with Crippen molar-refractivity contribution in [1.29, 1.82) is 0 Å². The summed E-state index contributed by atoms with van der Waals surface area (Å²) in [5.74, 6) is 0. The Kier molecular flexibility index (Phi) is 21.3. The third-order valence-electron chi connectivity index (χ3n) is 7.68. The van der Waals surface area contributed by atoms with Crippen molar-refractivity contribution in [2.45, 2.75) is 174 Å². The topological polar surface area (TPSA) is 6.48 Å². The molecule has 0 spiro atoms. The van der Waals surface area contributed by atoms with Gasteiger partial charge in [-0.2, -0.15) is 0 Å². The second-order valence-electron chi connectivity index (χ2n) is 10.9. The van der Waals surface area contributed by atoms with E-state index in [4.69, 9.17) is 0 Å². The quantitative estimate of drug-likeness (QED) is 0.124. The van der Waals surface area contributed by atoms with Crippen LogP contribution in [-0.2, 0) is 0 Å². The molecule has 0 radical (unpaired) electrons. The fourth-order valence-electron chi connectivity index (χ4n) is 5.34. The van der Waals surface area contributed by atoms with Crippen LogP contribution in [0.15, 0.2) is 12.4 Å². The highest BCUT2D eigenvalue weighted by Gasteiger charge is 2.22. The Labute approximate surface area is 210 Å². The molecular formula is C31H62N2. The van der Waals surface area contributed by atoms with Crippen LogP contribution in [0.25, 0.3) is 0 Å². The van der Waals surface area contributed by atoms with Crippen LogP contribution in [0.2, 0.25) is 0 Å². The van der Waals surface area contributed by atoms with Gasteiger partial charge in [0.05, 0.1) is 0 Å². The lowest BCUT2D eigenvalue weighted by Crippen LogP contribution is -2.37. The minimum absolute atomic E-state index is 0.622. The Hall–Kier alpha value is -0.660. The number of nitrogens with zero attached hydrogens (tertiary/aromatic N) is 2. The normalized spacial score (nSPS) is 15.8. The van der Waals surface area contributed by atoms with Gasteiger partial charge < -0.3 is 9.80 Å². The van der Waals surface area contributed by atoms with Crippen molar-refractivity contribution >= 4 is 0 Å². The van der Waals surface area contributed by atoms with Crippen molar-refractivity contribution in [3.63, 3.8) is 0 Å². The summed E-state index contributed by atoms with van der Waals surface area (Å²) in [5.41, 5.74) is 0. The second kappa shape index (κ2) is 23.1. The molecule has 0 aromatic rings. The number of hydrogen-bond donors (Lipinski definition) is 0. The molecule has 196 valence electrons. The van der Waals surface area contributed by atoms with Gasteiger partial charge in [0.15, 0.2) is 0 Å². The Bertz CT molecular complexity index is 419. The Balaban J connectivity index is 1.87. The van der Waals surface area contributed by atoms with Crippen LogP contribution in [0.4, 0.5) is 0 Å². The van der Waals surface area contributed by atoms with E-state index in [0.717, 1.165) is 0 Å². The predicted molar refractivity (Wildman–Crippen MR) is 150 cm³/mol. The van der Waals surface area contributed by atoms with E-state index in [1.807, 2.05) is 0 Å². The van der Waals surface area contributed by atoms with E-state index in [1.54, 1.807) is 0 Å². The third-order valence-corrected chi connectivity index (χ3v) is 7.68. The van der Waals surface area contributed by atoms with Gasteiger partial charge in [-0.15, -0.1) is 0 Å². The SMILES string of the molecule is CCCCCCCCCCCCCCCCCCN1C=CN(C)C1CCCCCCCCC. The highest BCUT2D eigenvalue weighted by molar-refractivity contribution is 4.95. The molecule has 0 aromatic carbocycles. The molecule has 2 nitrogen and oxygen atoms in total. The molecule has 0 saturated heterocycles. The Morgan fingerprint density at radius 2 is 0.818 bits per heavy atom. The lowest BCUT2D eigenvalue weighted by atomic mass is 10.0. The zero-order chi connectivity index (χ0) is 23.8. The van der Waals surface area contributed by atoms with Crippen LogP contribution >= 0.6 is 0 Å². The summed E-state index contributed by atoms with van der Waals surface area (Å²) in [6.45, 7) is 5.86. The molecule has 0 bridgehead atoms. The Morgan fingerprint density at radius 1 is 0.455 bits per heavy atom. The second-order valence-corrected chi connectivity index (χ2v) is 10.9. The molecule has 0 saturated carbocycles. The molecule has 0 fully saturated rings. The fraction of sp³-hybridized carbons (Fsp3) is 0.935. The van der Waals surface area contributed by atoms with Gasteiger partial charge >= 0.3 is 0 Å². The van der Waals surface area contributed by atoms with Gasteiger partial charge in [0.1, 0.15) is 6.17 Å². The van der Waals surface area contributed by atoms with E-state index in [9.17, 15) is 0 Å². The van der Waals surface area contributed by atoms with Crippen molar-refractivity contribution in [1.82, 2.24) is 9.80 Å². The van der Waals surface area contributed by atoms with Gasteiger partial charge in [-0.3, -0.25) is 0 Å². The molecular weight excluding hydrogens is 400 g/mol. The monoisotopic (exact) mass is 462 g/mol. The number of rotatable bonds is 25. The predicted octanol–water partition coefficient (Wildman–Crippen LogP) is 10.4. The van der Waals surface area contributed by atoms with Gasteiger partial charge in [0.25, 0.3) is 0 Å². The molecule has 1 rings (SSSR count). The standard InChI is InChI=1S/C31H62N2/c1-4-6-8-10-12-13-14-15-16-17-18-19-20-22-24-26-28-33-30-29-32(3)31(33)27-25-23-21-11-9-7-5-2/h29-31H,4-28H2,1-3H3. The van der Waals surface area contributed by atoms with E-state index in [0.29, 0.717) is 6.17 Å². The summed E-state index contributed by atoms with van der Waals surface area (Å²) >= 11 is 0. The Morgan fingerprint density at radius 3 is 1.24 bits per heavy atom. The molecule has 1 aliphatic heterocycles. The van der Waals surface area contributed by atoms with Gasteiger partial charge in [-0.25, -0.2) is 0 Å². The molecule has 1 unspecified atom stereocenters. The van der Waals surface area contributed by atoms with E-state index in [1.165, 1.54) is 161 Å². The van der Waals surface area contributed by atoms with Gasteiger partial charge in [-0.05, 0) is 19.3 Å². The maximum Gasteiger partial charge on any atom is 0.100 e. The van der Waals surface area contributed by atoms with Gasteiger partial charge in [-0.1, -0.05) is 149 Å². The molecule has 0 aliphatic carbocycles. The lowest BCUT2D eigenvalue weighted by molar-refractivity contribution is 0.159. The average molecular weight is 463 g/mol. The maximum absolute atomic E-state index is 2.61. The average Bonchev–Trinajstić information content (AvgIpc) is 3.17. The summed E-state index contributed by atoms with van der Waals surface area (Å²) in [4.78, 5) is 5.05. The summed E-state index contributed by atoms with van der Waals surface area (Å²) in [7, 11) is 2.26. The maximum atomic E-state index is 2.61. The molecule has 33 heavy (non-hydrogen) atoms. The summed E-state index contributed by atoms with van der Waals surface area (Å²) in [5, 5.41) is 0. The molecule has 1 aliphatic rings. The first kappa shape index (κ1) is 30.4. The molecule has 1 heterocycles. The summed E-state index contributed by atoms with van der Waals surface area (Å²) in [6.07, 6.45) is 39.7. The fourth-order valence-corrected chi connectivity index (χ4v) is 5.34. The first-order valence-electron chi connectivity index (χ1n) is 15.5. The summed E-state index contributed by atoms with van der Waals surface area (Å²) < 4.78 is 0. The lowest BCUT2D eigenvalue weighted by Gasteiger charge is -2.30. The van der Waals surface area contributed by atoms with Crippen molar-refractivity contribution in [3.8, 4) is 0 Å². The third kappa shape index (κ3) is 17.4. The first-order valence-corrected chi connectivity index (χ1v) is 15.5. The molecule has 0 N–H and O–H groups in total. The van der Waals surface area contributed by atoms with Crippen LogP contribution in [-0.4, -0.2) is 29.6 Å². The number of unbranched alkanes of at least 4 members (excludes halogenated alkanes) is 21. The zero-order valence-corrected chi connectivity index (χ0v) is 23.3. The van der Waals surface area contributed by atoms with E-state index in [-0.39, 0.29) is 0 Å². The highest BCUT2D eigenvalue weighted by atomic mass is 15.4. The van der Waals surface area contributed by atoms with Gasteiger partial charge in [0, 0.05) is 26.0 Å². The molecule has 2 heteroatoms. The minimum atomic E-state index is 0.622. The smallest absolute Gasteiger partial charge is 0.100 e. The zero-order valence-electron chi connectivity index (χ0n) is 23.3. The first-order chi connectivity index (χ1) is 16.3. The molecule has 0 amide bonds. The molecule has 0 aromatic heterocycles.